The van der Waals surface area contributed by atoms with Gasteiger partial charge >= 0.3 is 6.03 Å². The number of carbonyl (C=O) groups excluding carboxylic acids is 2. The highest BCUT2D eigenvalue weighted by Gasteiger charge is 2.36. The van der Waals surface area contributed by atoms with E-state index in [1.54, 1.807) is 18.2 Å². The molecule has 3 amide bonds. The van der Waals surface area contributed by atoms with Crippen LogP contribution in [0.1, 0.15) is 36.8 Å². The van der Waals surface area contributed by atoms with Crippen LogP contribution in [0.3, 0.4) is 0 Å². The Morgan fingerprint density at radius 3 is 2.69 bits per heavy atom. The number of hydrazone groups is 1. The summed E-state index contributed by atoms with van der Waals surface area (Å²) in [7, 11) is 0. The molecule has 1 aromatic carbocycles. The number of ether oxygens (including phenoxy) is 1. The Hall–Kier alpha value is -2.82. The number of carbonyl (C=O) groups is 2. The number of morpholine rings is 1. The van der Waals surface area contributed by atoms with Gasteiger partial charge in [0.25, 0.3) is 5.91 Å². The van der Waals surface area contributed by atoms with E-state index in [-0.39, 0.29) is 30.3 Å². The fraction of sp³-hybridized carbons (Fsp3) is 0.480. The largest absolute Gasteiger partial charge is 0.379 e. The normalized spacial score (nSPS) is 18.6. The third-order valence-electron chi connectivity index (χ3n) is 6.05. The van der Waals surface area contributed by atoms with Crippen molar-refractivity contribution in [3.05, 3.63) is 58.0 Å². The molecule has 1 N–H and O–H groups in total. The Morgan fingerprint density at radius 2 is 2.00 bits per heavy atom. The van der Waals surface area contributed by atoms with Crippen LogP contribution in [-0.4, -0.2) is 84.4 Å². The Morgan fingerprint density at radius 1 is 1.23 bits per heavy atom. The molecule has 2 aliphatic rings. The number of hydrogen-bond donors (Lipinski definition) is 1. The monoisotopic (exact) mass is 501 g/mol. The lowest BCUT2D eigenvalue weighted by molar-refractivity contribution is -0.133. The SMILES string of the molecule is CC(C)NC(=O)N(CCN1CCOCC1)CC(=O)N1N=C(c2cccs2)CC1c1ccccc1F. The second kappa shape index (κ2) is 11.7. The number of urea groups is 1. The summed E-state index contributed by atoms with van der Waals surface area (Å²) in [5, 5.41) is 10.8. The topological polar surface area (TPSA) is 77.5 Å². The molecule has 0 spiro atoms. The summed E-state index contributed by atoms with van der Waals surface area (Å²) in [6.07, 6.45) is 0.416. The van der Waals surface area contributed by atoms with Gasteiger partial charge < -0.3 is 15.0 Å². The number of amides is 3. The average Bonchev–Trinajstić information content (AvgIpc) is 3.52. The molecule has 4 rings (SSSR count). The number of nitrogens with zero attached hydrogens (tertiary/aromatic N) is 4. The molecule has 2 aliphatic heterocycles. The smallest absolute Gasteiger partial charge is 0.318 e. The molecule has 2 aromatic rings. The quantitative estimate of drug-likeness (QED) is 0.602. The number of halogens is 1. The lowest BCUT2D eigenvalue weighted by Gasteiger charge is -2.31. The van der Waals surface area contributed by atoms with E-state index in [0.717, 1.165) is 23.7 Å². The zero-order valence-corrected chi connectivity index (χ0v) is 21.0. The Balaban J connectivity index is 1.54. The van der Waals surface area contributed by atoms with E-state index in [2.05, 4.69) is 15.3 Å². The molecular weight excluding hydrogens is 469 g/mol. The van der Waals surface area contributed by atoms with Crippen LogP contribution in [0.5, 0.6) is 0 Å². The van der Waals surface area contributed by atoms with Crippen LogP contribution in [0, 0.1) is 5.82 Å². The summed E-state index contributed by atoms with van der Waals surface area (Å²) in [5.74, 6) is -0.717. The molecule has 35 heavy (non-hydrogen) atoms. The van der Waals surface area contributed by atoms with Crippen LogP contribution < -0.4 is 5.32 Å². The highest BCUT2D eigenvalue weighted by Crippen LogP contribution is 2.35. The van der Waals surface area contributed by atoms with Crippen molar-refractivity contribution >= 4 is 29.0 Å². The van der Waals surface area contributed by atoms with Gasteiger partial charge in [-0.05, 0) is 31.4 Å². The molecule has 1 atom stereocenters. The number of nitrogens with one attached hydrogen (secondary N) is 1. The van der Waals surface area contributed by atoms with E-state index in [9.17, 15) is 14.0 Å². The first-order valence-electron chi connectivity index (χ1n) is 12.0. The van der Waals surface area contributed by atoms with Gasteiger partial charge in [-0.3, -0.25) is 9.69 Å². The van der Waals surface area contributed by atoms with Crippen molar-refractivity contribution in [1.82, 2.24) is 20.1 Å². The first kappa shape index (κ1) is 25.3. The van der Waals surface area contributed by atoms with Crippen LogP contribution in [0.4, 0.5) is 9.18 Å². The van der Waals surface area contributed by atoms with Crippen LogP contribution >= 0.6 is 11.3 Å². The lowest BCUT2D eigenvalue weighted by atomic mass is 10.0. The molecule has 1 saturated heterocycles. The zero-order chi connectivity index (χ0) is 24.8. The average molecular weight is 502 g/mol. The maximum atomic E-state index is 14.7. The highest BCUT2D eigenvalue weighted by atomic mass is 32.1. The minimum Gasteiger partial charge on any atom is -0.379 e. The van der Waals surface area contributed by atoms with E-state index < -0.39 is 6.04 Å². The van der Waals surface area contributed by atoms with Gasteiger partial charge in [0, 0.05) is 44.2 Å². The Labute approximate surface area is 209 Å². The van der Waals surface area contributed by atoms with Gasteiger partial charge in [0.15, 0.2) is 0 Å². The van der Waals surface area contributed by atoms with Gasteiger partial charge in [-0.2, -0.15) is 5.10 Å². The molecule has 1 unspecified atom stereocenters. The van der Waals surface area contributed by atoms with Gasteiger partial charge in [-0.1, -0.05) is 24.3 Å². The van der Waals surface area contributed by atoms with Crippen molar-refractivity contribution in [2.75, 3.05) is 45.9 Å². The molecule has 8 nitrogen and oxygen atoms in total. The summed E-state index contributed by atoms with van der Waals surface area (Å²) >= 11 is 1.53. The molecule has 3 heterocycles. The molecule has 1 aromatic heterocycles. The van der Waals surface area contributed by atoms with Gasteiger partial charge in [0.1, 0.15) is 12.4 Å². The second-order valence-electron chi connectivity index (χ2n) is 8.98. The zero-order valence-electron chi connectivity index (χ0n) is 20.2. The molecular formula is C25H32FN5O3S. The molecule has 0 bridgehead atoms. The van der Waals surface area contributed by atoms with Crippen LogP contribution in [-0.2, 0) is 9.53 Å². The lowest BCUT2D eigenvalue weighted by Crippen LogP contribution is -2.50. The van der Waals surface area contributed by atoms with Crippen molar-refractivity contribution in [1.29, 1.82) is 0 Å². The summed E-state index contributed by atoms with van der Waals surface area (Å²) in [6.45, 7) is 7.57. The summed E-state index contributed by atoms with van der Waals surface area (Å²) in [6, 6.07) is 9.42. The van der Waals surface area contributed by atoms with Crippen molar-refractivity contribution in [3.63, 3.8) is 0 Å². The first-order valence-corrected chi connectivity index (χ1v) is 12.8. The molecule has 0 saturated carbocycles. The van der Waals surface area contributed by atoms with Crippen molar-refractivity contribution in [2.24, 2.45) is 5.10 Å². The van der Waals surface area contributed by atoms with E-state index in [4.69, 9.17) is 4.74 Å². The molecule has 0 radical (unpaired) electrons. The number of rotatable bonds is 8. The fourth-order valence-corrected chi connectivity index (χ4v) is 4.95. The Kier molecular flexibility index (Phi) is 8.48. The third kappa shape index (κ3) is 6.45. The van der Waals surface area contributed by atoms with Crippen LogP contribution in [0.15, 0.2) is 46.9 Å². The standard InChI is InChI=1S/C25H32FN5O3S/c1-18(2)27-25(33)30(10-9-29-11-13-34-14-12-29)17-24(32)31-22(19-6-3-4-7-20(19)26)16-21(28-31)23-8-5-15-35-23/h3-8,15,18,22H,9-14,16-17H2,1-2H3,(H,27,33). The highest BCUT2D eigenvalue weighted by molar-refractivity contribution is 7.12. The summed E-state index contributed by atoms with van der Waals surface area (Å²) < 4.78 is 20.1. The van der Waals surface area contributed by atoms with Gasteiger partial charge in [0.05, 0.1) is 29.8 Å². The summed E-state index contributed by atoms with van der Waals surface area (Å²) in [5.41, 5.74) is 1.16. The van der Waals surface area contributed by atoms with Gasteiger partial charge in [0.2, 0.25) is 0 Å². The maximum absolute atomic E-state index is 14.7. The van der Waals surface area contributed by atoms with E-state index in [0.29, 0.717) is 38.3 Å². The van der Waals surface area contributed by atoms with E-state index in [1.165, 1.54) is 27.3 Å². The Bertz CT molecular complexity index is 1040. The minimum absolute atomic E-state index is 0.0649. The third-order valence-corrected chi connectivity index (χ3v) is 6.97. The molecule has 188 valence electrons. The van der Waals surface area contributed by atoms with Gasteiger partial charge in [-0.25, -0.2) is 14.2 Å². The predicted molar refractivity (Wildman–Crippen MR) is 134 cm³/mol. The molecule has 1 fully saturated rings. The van der Waals surface area contributed by atoms with Crippen molar-refractivity contribution < 1.29 is 18.7 Å². The van der Waals surface area contributed by atoms with Crippen molar-refractivity contribution in [2.45, 2.75) is 32.4 Å². The van der Waals surface area contributed by atoms with Gasteiger partial charge in [-0.15, -0.1) is 11.3 Å². The first-order chi connectivity index (χ1) is 16.9. The fourth-order valence-electron chi connectivity index (χ4n) is 4.23. The minimum atomic E-state index is -0.560. The predicted octanol–water partition coefficient (Wildman–Crippen LogP) is 3.32. The van der Waals surface area contributed by atoms with E-state index >= 15 is 0 Å². The number of benzene rings is 1. The van der Waals surface area contributed by atoms with E-state index in [1.807, 2.05) is 31.4 Å². The number of hydrogen-bond acceptors (Lipinski definition) is 6. The number of thiophene rings is 1. The van der Waals surface area contributed by atoms with Crippen LogP contribution in [0.25, 0.3) is 0 Å². The van der Waals surface area contributed by atoms with Crippen LogP contribution in [0.2, 0.25) is 0 Å². The second-order valence-corrected chi connectivity index (χ2v) is 9.93. The maximum Gasteiger partial charge on any atom is 0.318 e. The van der Waals surface area contributed by atoms with Crippen molar-refractivity contribution in [3.8, 4) is 0 Å². The molecule has 0 aliphatic carbocycles. The summed E-state index contributed by atoms with van der Waals surface area (Å²) in [4.78, 5) is 31.2. The molecule has 10 heteroatoms.